The lowest BCUT2D eigenvalue weighted by Gasteiger charge is -2.24. The van der Waals surface area contributed by atoms with Crippen LogP contribution >= 0.6 is 0 Å². The molecule has 0 aliphatic rings. The van der Waals surface area contributed by atoms with Gasteiger partial charge in [-0.3, -0.25) is 0 Å². The summed E-state index contributed by atoms with van der Waals surface area (Å²) in [5.74, 6) is 0.873. The molecular formula is C44H88. The molecule has 0 N–H and O–H groups in total. The summed E-state index contributed by atoms with van der Waals surface area (Å²) in [4.78, 5) is 0. The Balaban J connectivity index is -0.00000315. The fraction of sp³-hybridized carbons (Fsp3) is 0.864. The molecule has 264 valence electrons. The minimum Gasteiger partial charge on any atom is -0.0885 e. The third-order valence-electron chi connectivity index (χ3n) is 8.53. The van der Waals surface area contributed by atoms with Crippen LogP contribution in [0.5, 0.6) is 0 Å². The Labute approximate surface area is 282 Å². The normalized spacial score (nSPS) is 12.5. The third-order valence-corrected chi connectivity index (χ3v) is 8.53. The zero-order valence-corrected chi connectivity index (χ0v) is 32.6. The third kappa shape index (κ3) is 45.6. The maximum Gasteiger partial charge on any atom is -0.0169 e. The Morgan fingerprint density at radius 3 is 1.27 bits per heavy atom. The molecule has 0 aromatic carbocycles. The molecule has 0 radical (unpaired) electrons. The van der Waals surface area contributed by atoms with Gasteiger partial charge >= 0.3 is 0 Å². The summed E-state index contributed by atoms with van der Waals surface area (Å²) < 4.78 is 0. The quantitative estimate of drug-likeness (QED) is 0.0556. The molecule has 0 aliphatic heterocycles. The van der Waals surface area contributed by atoms with E-state index in [2.05, 4.69) is 84.9 Å². The second-order valence-electron chi connectivity index (χ2n) is 14.2. The maximum atomic E-state index is 2.51. The lowest BCUT2D eigenvalue weighted by Crippen LogP contribution is -2.11. The Hall–Kier alpha value is -0.780. The summed E-state index contributed by atoms with van der Waals surface area (Å²) in [5.41, 5.74) is 0.549. The molecule has 0 bridgehead atoms. The minimum atomic E-state index is 0.549. The Morgan fingerprint density at radius 1 is 0.455 bits per heavy atom. The highest BCUT2D eigenvalue weighted by Gasteiger charge is 2.16. The lowest BCUT2D eigenvalue weighted by atomic mass is 9.82. The van der Waals surface area contributed by atoms with E-state index < -0.39 is 0 Å². The predicted molar refractivity (Wildman–Crippen MR) is 209 cm³/mol. The summed E-state index contributed by atoms with van der Waals surface area (Å²) >= 11 is 0. The largest absolute Gasteiger partial charge is 0.0885 e. The van der Waals surface area contributed by atoms with Crippen LogP contribution < -0.4 is 0 Å². The molecule has 0 heterocycles. The molecule has 44 heavy (non-hydrogen) atoms. The van der Waals surface area contributed by atoms with Gasteiger partial charge in [0.05, 0.1) is 0 Å². The molecule has 0 fully saturated rings. The molecule has 0 aromatic rings. The van der Waals surface area contributed by atoms with Crippen molar-refractivity contribution in [1.82, 2.24) is 0 Å². The Morgan fingerprint density at radius 2 is 0.818 bits per heavy atom. The van der Waals surface area contributed by atoms with E-state index in [0.29, 0.717) is 5.41 Å². The number of allylic oxidation sites excluding steroid dienone is 6. The van der Waals surface area contributed by atoms with Gasteiger partial charge in [-0.15, -0.1) is 0 Å². The average Bonchev–Trinajstić information content (AvgIpc) is 3.01. The number of hydrogen-bond acceptors (Lipinski definition) is 0. The van der Waals surface area contributed by atoms with Crippen molar-refractivity contribution in [2.24, 2.45) is 11.3 Å². The van der Waals surface area contributed by atoms with Crippen LogP contribution in [0.15, 0.2) is 36.5 Å². The molecule has 1 atom stereocenters. The van der Waals surface area contributed by atoms with E-state index in [4.69, 9.17) is 0 Å². The first-order valence-corrected chi connectivity index (χ1v) is 20.4. The second-order valence-corrected chi connectivity index (χ2v) is 14.2. The number of rotatable bonds is 30. The van der Waals surface area contributed by atoms with Crippen molar-refractivity contribution in [2.45, 2.75) is 236 Å². The first-order valence-electron chi connectivity index (χ1n) is 20.4. The van der Waals surface area contributed by atoms with Gasteiger partial charge in [-0.1, -0.05) is 208 Å². The summed E-state index contributed by atoms with van der Waals surface area (Å²) in [6, 6.07) is 0. The van der Waals surface area contributed by atoms with Crippen LogP contribution in [0, 0.1) is 11.3 Å². The van der Waals surface area contributed by atoms with Crippen LogP contribution in [-0.4, -0.2) is 0 Å². The molecule has 0 saturated heterocycles. The van der Waals surface area contributed by atoms with E-state index in [1.165, 1.54) is 167 Å². The Bertz CT molecular complexity index is 563. The summed E-state index contributed by atoms with van der Waals surface area (Å²) in [6.45, 7) is 20.3. The monoisotopic (exact) mass is 617 g/mol. The molecule has 0 aliphatic carbocycles. The van der Waals surface area contributed by atoms with Gasteiger partial charge in [0, 0.05) is 0 Å². The lowest BCUT2D eigenvalue weighted by molar-refractivity contribution is 0.282. The first-order chi connectivity index (χ1) is 21.4. The molecule has 1 unspecified atom stereocenters. The summed E-state index contributed by atoms with van der Waals surface area (Å²) in [6.07, 6.45) is 51.4. The maximum absolute atomic E-state index is 2.51. The average molecular weight is 617 g/mol. The number of hydrogen-bond donors (Lipinski definition) is 0. The number of unbranched alkanes of at least 4 members (excludes halogenated alkanes) is 17. The van der Waals surface area contributed by atoms with Crippen molar-refractivity contribution >= 4 is 0 Å². The van der Waals surface area contributed by atoms with Crippen molar-refractivity contribution in [2.75, 3.05) is 0 Å². The fourth-order valence-electron chi connectivity index (χ4n) is 5.60. The van der Waals surface area contributed by atoms with Crippen molar-refractivity contribution < 1.29 is 0 Å². The van der Waals surface area contributed by atoms with Crippen molar-refractivity contribution in [3.63, 3.8) is 0 Å². The molecule has 0 heteroatoms. The minimum absolute atomic E-state index is 0.549. The van der Waals surface area contributed by atoms with Gasteiger partial charge in [-0.2, -0.15) is 0 Å². The Kier molecular flexibility index (Phi) is 45.7. The predicted octanol–water partition coefficient (Wildman–Crippen LogP) is 16.9. The van der Waals surface area contributed by atoms with Gasteiger partial charge in [0.1, 0.15) is 0 Å². The van der Waals surface area contributed by atoms with E-state index >= 15 is 0 Å². The SMILES string of the molecule is CC.CCC.CCCCC/C=C\C/C=C\CCCCCCCCC(C)(C)CCCCCCCC/C=C\CC(C)CCCCC. The molecule has 0 aromatic heterocycles. The summed E-state index contributed by atoms with van der Waals surface area (Å²) in [7, 11) is 0. The second kappa shape index (κ2) is 42.2. The van der Waals surface area contributed by atoms with Gasteiger partial charge < -0.3 is 0 Å². The van der Waals surface area contributed by atoms with E-state index in [0.717, 1.165) is 12.3 Å². The smallest absolute Gasteiger partial charge is 0.0169 e. The van der Waals surface area contributed by atoms with E-state index in [-0.39, 0.29) is 0 Å². The van der Waals surface area contributed by atoms with Gasteiger partial charge in [-0.05, 0) is 75.5 Å². The van der Waals surface area contributed by atoms with Crippen LogP contribution in [0.2, 0.25) is 0 Å². The van der Waals surface area contributed by atoms with Gasteiger partial charge in [0.2, 0.25) is 0 Å². The molecule has 0 amide bonds. The van der Waals surface area contributed by atoms with E-state index in [1.54, 1.807) is 0 Å². The van der Waals surface area contributed by atoms with Crippen LogP contribution in [0.1, 0.15) is 236 Å². The van der Waals surface area contributed by atoms with Crippen molar-refractivity contribution in [1.29, 1.82) is 0 Å². The van der Waals surface area contributed by atoms with Crippen LogP contribution in [-0.2, 0) is 0 Å². The van der Waals surface area contributed by atoms with Crippen molar-refractivity contribution in [3.05, 3.63) is 36.5 Å². The van der Waals surface area contributed by atoms with E-state index in [9.17, 15) is 0 Å². The summed E-state index contributed by atoms with van der Waals surface area (Å²) in [5, 5.41) is 0. The van der Waals surface area contributed by atoms with Crippen molar-refractivity contribution in [3.8, 4) is 0 Å². The van der Waals surface area contributed by atoms with Crippen LogP contribution in [0.25, 0.3) is 0 Å². The highest BCUT2D eigenvalue weighted by molar-refractivity contribution is 4.92. The zero-order chi connectivity index (χ0) is 33.4. The zero-order valence-electron chi connectivity index (χ0n) is 32.6. The van der Waals surface area contributed by atoms with Gasteiger partial charge in [0.15, 0.2) is 0 Å². The highest BCUT2D eigenvalue weighted by atomic mass is 14.2. The molecular weight excluding hydrogens is 528 g/mol. The first kappa shape index (κ1) is 47.6. The fourth-order valence-corrected chi connectivity index (χ4v) is 5.60. The molecule has 0 saturated carbocycles. The molecule has 0 spiro atoms. The van der Waals surface area contributed by atoms with Gasteiger partial charge in [-0.25, -0.2) is 0 Å². The van der Waals surface area contributed by atoms with Gasteiger partial charge in [0.25, 0.3) is 0 Å². The van der Waals surface area contributed by atoms with Crippen LogP contribution in [0.4, 0.5) is 0 Å². The molecule has 0 rings (SSSR count). The van der Waals surface area contributed by atoms with E-state index in [1.807, 2.05) is 13.8 Å². The van der Waals surface area contributed by atoms with Crippen LogP contribution in [0.3, 0.4) is 0 Å². The topological polar surface area (TPSA) is 0 Å². The molecule has 0 nitrogen and oxygen atoms in total. The standard InChI is InChI=1S/C39H74.C3H8.C2H6/c1-6-8-10-11-12-13-14-15-16-17-18-19-22-25-28-32-36-39(4,5)37-33-29-26-23-20-21-24-27-31-35-38(3)34-30-9-7-2;1-3-2;1-2/h12-13,15-16,27,31,38H,6-11,14,17-26,28-30,32-37H2,1-5H3;3H2,1-2H3;1-2H3/b13-12-,16-15-,31-27-;;. The highest BCUT2D eigenvalue weighted by Crippen LogP contribution is 2.30.